The van der Waals surface area contributed by atoms with Gasteiger partial charge in [-0.2, -0.15) is 5.10 Å². The number of esters is 1. The number of allylic oxidation sites excluding steroid dienone is 1. The second kappa shape index (κ2) is 15.8. The van der Waals surface area contributed by atoms with Crippen LogP contribution in [0.4, 0.5) is 4.79 Å². The van der Waals surface area contributed by atoms with E-state index in [1.807, 2.05) is 43.3 Å². The fraction of sp³-hybridized carbons (Fsp3) is 0.281. The molecule has 238 valence electrons. The summed E-state index contributed by atoms with van der Waals surface area (Å²) in [5.41, 5.74) is 5.49. The second-order valence-electron chi connectivity index (χ2n) is 9.72. The Morgan fingerprint density at radius 1 is 1.07 bits per heavy atom. The van der Waals surface area contributed by atoms with Crippen LogP contribution in [0.5, 0.6) is 23.0 Å². The van der Waals surface area contributed by atoms with Crippen molar-refractivity contribution in [2.24, 2.45) is 5.10 Å². The van der Waals surface area contributed by atoms with E-state index in [1.165, 1.54) is 13.3 Å². The Balaban J connectivity index is 1.44. The third-order valence-corrected chi connectivity index (χ3v) is 7.05. The fourth-order valence-electron chi connectivity index (χ4n) is 4.54. The molecule has 0 radical (unpaired) electrons. The number of hydrogen-bond acceptors (Lipinski definition) is 10. The number of urea groups is 1. The van der Waals surface area contributed by atoms with Gasteiger partial charge in [0.25, 0.3) is 0 Å². The van der Waals surface area contributed by atoms with Crippen molar-refractivity contribution < 1.29 is 38.4 Å². The van der Waals surface area contributed by atoms with Gasteiger partial charge < -0.3 is 39.4 Å². The first-order chi connectivity index (χ1) is 21.7. The van der Waals surface area contributed by atoms with E-state index >= 15 is 0 Å². The minimum absolute atomic E-state index is 0.174. The van der Waals surface area contributed by atoms with Gasteiger partial charge in [0.1, 0.15) is 13.2 Å². The molecule has 13 heteroatoms. The maximum absolute atomic E-state index is 12.5. The number of benzene rings is 3. The van der Waals surface area contributed by atoms with Gasteiger partial charge in [-0.25, -0.2) is 9.59 Å². The van der Waals surface area contributed by atoms with Crippen LogP contribution in [-0.2, 0) is 16.1 Å². The number of hydrogen-bond donors (Lipinski definition) is 4. The lowest BCUT2D eigenvalue weighted by molar-refractivity contribution is -0.136. The van der Waals surface area contributed by atoms with Crippen molar-refractivity contribution in [1.82, 2.24) is 16.1 Å². The van der Waals surface area contributed by atoms with Gasteiger partial charge in [-0.15, -0.1) is 0 Å². The molecule has 4 rings (SSSR count). The van der Waals surface area contributed by atoms with Gasteiger partial charge in [-0.3, -0.25) is 5.43 Å². The van der Waals surface area contributed by atoms with Gasteiger partial charge in [0.2, 0.25) is 0 Å². The lowest BCUT2D eigenvalue weighted by Crippen LogP contribution is -2.45. The molecular formula is C32H35BrN4O8. The highest BCUT2D eigenvalue weighted by molar-refractivity contribution is 9.10. The van der Waals surface area contributed by atoms with Crippen molar-refractivity contribution in [1.29, 1.82) is 0 Å². The fourth-order valence-corrected chi connectivity index (χ4v) is 4.99. The molecule has 0 bridgehead atoms. The smallest absolute Gasteiger partial charge is 0.337 e. The minimum atomic E-state index is -1.18. The lowest BCUT2D eigenvalue weighted by atomic mass is 9.95. The Kier molecular flexibility index (Phi) is 11.7. The van der Waals surface area contributed by atoms with Gasteiger partial charge in [0.15, 0.2) is 29.2 Å². The number of halogens is 1. The van der Waals surface area contributed by atoms with E-state index in [0.717, 1.165) is 10.0 Å². The molecule has 0 aromatic heterocycles. The van der Waals surface area contributed by atoms with E-state index in [0.29, 0.717) is 53.0 Å². The zero-order chi connectivity index (χ0) is 32.3. The van der Waals surface area contributed by atoms with Crippen LogP contribution in [0.15, 0.2) is 81.5 Å². The Hall–Kier alpha value is -4.75. The summed E-state index contributed by atoms with van der Waals surface area (Å²) in [6.07, 6.45) is 0.331. The van der Waals surface area contributed by atoms with Crippen molar-refractivity contribution in [3.8, 4) is 23.0 Å². The summed E-state index contributed by atoms with van der Waals surface area (Å²) in [5.74, 6) is 1.15. The lowest BCUT2D eigenvalue weighted by Gasteiger charge is -2.28. The van der Waals surface area contributed by atoms with E-state index in [4.69, 9.17) is 23.7 Å². The number of ether oxygens (including phenoxy) is 5. The molecule has 0 spiro atoms. The number of nitrogens with one attached hydrogen (secondary N) is 3. The molecule has 0 fully saturated rings. The van der Waals surface area contributed by atoms with Gasteiger partial charge in [0.05, 0.1) is 38.7 Å². The van der Waals surface area contributed by atoms with Crippen LogP contribution >= 0.6 is 15.9 Å². The number of aliphatic hydroxyl groups excluding tert-OH is 1. The number of nitrogens with zero attached hydrogens (tertiary/aromatic N) is 1. The first-order valence-corrected chi connectivity index (χ1v) is 14.8. The Bertz CT molecular complexity index is 1560. The maximum Gasteiger partial charge on any atom is 0.337 e. The first-order valence-electron chi connectivity index (χ1n) is 14.0. The number of rotatable bonds is 14. The quantitative estimate of drug-likeness (QED) is 0.0831. The molecule has 1 aliphatic heterocycles. The Labute approximate surface area is 269 Å². The number of methoxy groups -OCH3 is 2. The average molecular weight is 684 g/mol. The minimum Gasteiger partial charge on any atom is -0.493 e. The number of hydrazone groups is 1. The molecule has 12 nitrogen and oxygen atoms in total. The molecule has 1 heterocycles. The summed E-state index contributed by atoms with van der Waals surface area (Å²) in [5, 5.41) is 20.1. The summed E-state index contributed by atoms with van der Waals surface area (Å²) in [6.45, 7) is 3.92. The molecule has 3 aromatic rings. The number of amides is 2. The van der Waals surface area contributed by atoms with Crippen LogP contribution in [0.2, 0.25) is 0 Å². The number of carbonyl (C=O) groups excluding carboxylic acids is 2. The van der Waals surface area contributed by atoms with Crippen molar-refractivity contribution in [2.75, 3.05) is 27.4 Å². The zero-order valence-electron chi connectivity index (χ0n) is 25.3. The van der Waals surface area contributed by atoms with Gasteiger partial charge in [-0.05, 0) is 49.2 Å². The van der Waals surface area contributed by atoms with Crippen LogP contribution in [0, 0.1) is 0 Å². The van der Waals surface area contributed by atoms with Crippen LogP contribution < -0.4 is 35.0 Å². The highest BCUT2D eigenvalue weighted by Crippen LogP contribution is 2.36. The van der Waals surface area contributed by atoms with E-state index in [2.05, 4.69) is 37.1 Å². The van der Waals surface area contributed by atoms with E-state index < -0.39 is 24.3 Å². The van der Waals surface area contributed by atoms with E-state index in [1.54, 1.807) is 38.3 Å². The molecule has 2 amide bonds. The van der Waals surface area contributed by atoms with Gasteiger partial charge in [0, 0.05) is 15.7 Å². The zero-order valence-corrected chi connectivity index (χ0v) is 26.8. The summed E-state index contributed by atoms with van der Waals surface area (Å²) >= 11 is 3.48. The van der Waals surface area contributed by atoms with Gasteiger partial charge >= 0.3 is 12.0 Å². The predicted molar refractivity (Wildman–Crippen MR) is 170 cm³/mol. The molecule has 45 heavy (non-hydrogen) atoms. The summed E-state index contributed by atoms with van der Waals surface area (Å²) in [4.78, 5) is 24.6. The molecule has 0 aliphatic carbocycles. The Morgan fingerprint density at radius 2 is 1.84 bits per heavy atom. The number of aliphatic hydroxyl groups is 1. The van der Waals surface area contributed by atoms with Crippen molar-refractivity contribution in [2.45, 2.75) is 32.7 Å². The molecule has 1 aliphatic rings. The largest absolute Gasteiger partial charge is 0.493 e. The highest BCUT2D eigenvalue weighted by atomic mass is 79.9. The monoisotopic (exact) mass is 682 g/mol. The van der Waals surface area contributed by atoms with Crippen molar-refractivity contribution in [3.63, 3.8) is 0 Å². The Morgan fingerprint density at radius 3 is 2.56 bits per heavy atom. The van der Waals surface area contributed by atoms with Crippen LogP contribution in [-0.4, -0.2) is 57.0 Å². The van der Waals surface area contributed by atoms with E-state index in [-0.39, 0.29) is 12.2 Å². The maximum atomic E-state index is 12.5. The highest BCUT2D eigenvalue weighted by Gasteiger charge is 2.32. The van der Waals surface area contributed by atoms with Crippen LogP contribution in [0.1, 0.15) is 36.6 Å². The van der Waals surface area contributed by atoms with Gasteiger partial charge in [-0.1, -0.05) is 52.3 Å². The van der Waals surface area contributed by atoms with E-state index in [9.17, 15) is 14.7 Å². The van der Waals surface area contributed by atoms with Crippen LogP contribution in [0.25, 0.3) is 0 Å². The standard InChI is InChI=1S/C32H35BrN4O8/c1-5-43-25-14-21(29-28(31(39)42-4)19(2)35-32(40)36-29)11-12-24(25)44-18-27(38)37-34-16-22-13-23(33)15-26(41-3)30(22)45-17-20-9-7-6-8-10-20/h6-16,27,29,37-38H,5,17-18H2,1-4H3,(H2,35,36,40)/b34-16+/t27-,29-/m1/s1. The molecule has 3 aromatic carbocycles. The summed E-state index contributed by atoms with van der Waals surface area (Å²) in [7, 11) is 2.83. The molecule has 0 unspecified atom stereocenters. The van der Waals surface area contributed by atoms with Crippen LogP contribution in [0.3, 0.4) is 0 Å². The van der Waals surface area contributed by atoms with Crippen molar-refractivity contribution in [3.05, 3.63) is 93.1 Å². The normalized spacial score (nSPS) is 15.2. The summed E-state index contributed by atoms with van der Waals surface area (Å²) < 4.78 is 28.9. The third kappa shape index (κ3) is 8.67. The SMILES string of the molecule is CCOc1cc([C@H]2NC(=O)NC(C)=C2C(=O)OC)ccc1OC[C@@H](O)N/N=C/c1cc(Br)cc(OC)c1OCc1ccccc1. The topological polar surface area (TPSA) is 149 Å². The average Bonchev–Trinajstić information content (AvgIpc) is 3.03. The molecular weight excluding hydrogens is 648 g/mol. The van der Waals surface area contributed by atoms with Crippen molar-refractivity contribution >= 4 is 34.1 Å². The molecule has 0 saturated heterocycles. The second-order valence-corrected chi connectivity index (χ2v) is 10.6. The third-order valence-electron chi connectivity index (χ3n) is 6.59. The predicted octanol–water partition coefficient (Wildman–Crippen LogP) is 4.56. The molecule has 0 saturated carbocycles. The summed E-state index contributed by atoms with van der Waals surface area (Å²) in [6, 6.07) is 17.1. The molecule has 2 atom stereocenters. The molecule has 4 N–H and O–H groups in total. The first kappa shape index (κ1) is 33.1. The number of carbonyl (C=O) groups is 2.